The molecule has 1 rings (SSSR count). The van der Waals surface area contributed by atoms with E-state index < -0.39 is 11.6 Å². The molecule has 0 aromatic heterocycles. The van der Waals surface area contributed by atoms with E-state index in [1.165, 1.54) is 13.0 Å². The molecule has 0 bridgehead atoms. The smallest absolute Gasteiger partial charge is 0.408 e. The van der Waals surface area contributed by atoms with E-state index in [0.717, 1.165) is 0 Å². The van der Waals surface area contributed by atoms with Crippen LogP contribution in [0.25, 0.3) is 0 Å². The first-order valence-electron chi connectivity index (χ1n) is 6.61. The molecule has 0 aliphatic heterocycles. The van der Waals surface area contributed by atoms with E-state index in [0.29, 0.717) is 11.3 Å². The maximum atomic E-state index is 11.8. The summed E-state index contributed by atoms with van der Waals surface area (Å²) in [6.07, 6.45) is 0.707. The van der Waals surface area contributed by atoms with Gasteiger partial charge in [-0.05, 0) is 38.1 Å². The van der Waals surface area contributed by atoms with Gasteiger partial charge in [-0.15, -0.1) is 0 Å². The van der Waals surface area contributed by atoms with Crippen molar-refractivity contribution in [3.05, 3.63) is 42.5 Å². The Morgan fingerprint density at radius 1 is 1.41 bits per heavy atom. The third kappa shape index (κ3) is 4.94. The zero-order valence-corrected chi connectivity index (χ0v) is 12.6. The Morgan fingerprint density at radius 3 is 2.55 bits per heavy atom. The summed E-state index contributed by atoms with van der Waals surface area (Å²) in [5.74, 6) is 0.226. The van der Waals surface area contributed by atoms with E-state index >= 15 is 0 Å². The van der Waals surface area contributed by atoms with Gasteiger partial charge in [0.05, 0.1) is 11.6 Å². The molecule has 0 saturated carbocycles. The highest BCUT2D eigenvalue weighted by Gasteiger charge is 2.33. The van der Waals surface area contributed by atoms with Crippen LogP contribution >= 0.6 is 0 Å². The second kappa shape index (κ2) is 7.84. The van der Waals surface area contributed by atoms with Crippen LogP contribution in [0.4, 0.5) is 4.79 Å². The largest absolute Gasteiger partial charge is 0.491 e. The lowest BCUT2D eigenvalue weighted by atomic mass is 9.99. The van der Waals surface area contributed by atoms with E-state index in [1.807, 2.05) is 6.07 Å². The number of Topliss-reactive ketones (excluding diaryl/α,β-unsaturated/α-hetero) is 1. The molecular weight excluding hydrogens is 284 g/mol. The molecular formula is C16H18N2O4. The fourth-order valence-corrected chi connectivity index (χ4v) is 1.48. The SMILES string of the molecule is C=CCOC(=O)N[C@@](C)(COc1ccc(C#N)cc1)C(C)=O. The van der Waals surface area contributed by atoms with Gasteiger partial charge in [0.25, 0.3) is 0 Å². The number of amides is 1. The van der Waals surface area contributed by atoms with Crippen molar-refractivity contribution in [2.24, 2.45) is 0 Å². The van der Waals surface area contributed by atoms with Crippen molar-refractivity contribution in [3.8, 4) is 11.8 Å². The maximum absolute atomic E-state index is 11.8. The second-order valence-electron chi connectivity index (χ2n) is 4.83. The number of alkyl carbamates (subject to hydrolysis) is 1. The molecule has 0 aliphatic carbocycles. The molecule has 6 nitrogen and oxygen atoms in total. The van der Waals surface area contributed by atoms with Crippen LogP contribution < -0.4 is 10.1 Å². The van der Waals surface area contributed by atoms with Crippen molar-refractivity contribution in [2.75, 3.05) is 13.2 Å². The van der Waals surface area contributed by atoms with Gasteiger partial charge >= 0.3 is 6.09 Å². The van der Waals surface area contributed by atoms with Crippen LogP contribution in [-0.2, 0) is 9.53 Å². The van der Waals surface area contributed by atoms with E-state index in [2.05, 4.69) is 11.9 Å². The molecule has 0 unspecified atom stereocenters. The Balaban J connectivity index is 2.70. The van der Waals surface area contributed by atoms with Gasteiger partial charge in [0.15, 0.2) is 5.78 Å². The Kier molecular flexibility index (Phi) is 6.14. The molecule has 1 amide bonds. The van der Waals surface area contributed by atoms with Crippen molar-refractivity contribution in [2.45, 2.75) is 19.4 Å². The Morgan fingerprint density at radius 2 is 2.05 bits per heavy atom. The number of nitriles is 1. The van der Waals surface area contributed by atoms with Gasteiger partial charge in [0.1, 0.15) is 24.5 Å². The lowest BCUT2D eigenvalue weighted by Crippen LogP contribution is -2.55. The fourth-order valence-electron chi connectivity index (χ4n) is 1.48. The number of ether oxygens (including phenoxy) is 2. The zero-order chi connectivity index (χ0) is 16.6. The van der Waals surface area contributed by atoms with E-state index in [-0.39, 0.29) is 19.0 Å². The molecule has 0 aliphatic rings. The predicted molar refractivity (Wildman–Crippen MR) is 80.4 cm³/mol. The first kappa shape index (κ1) is 17.2. The number of ketones is 1. The predicted octanol–water partition coefficient (Wildman–Crippen LogP) is 2.20. The summed E-state index contributed by atoms with van der Waals surface area (Å²) in [5.41, 5.74) is -0.709. The van der Waals surface area contributed by atoms with Crippen molar-refractivity contribution in [1.82, 2.24) is 5.32 Å². The van der Waals surface area contributed by atoms with Crippen LogP contribution in [0.2, 0.25) is 0 Å². The molecule has 1 aromatic rings. The second-order valence-corrected chi connectivity index (χ2v) is 4.83. The fraction of sp³-hybridized carbons (Fsp3) is 0.312. The summed E-state index contributed by atoms with van der Waals surface area (Å²) in [7, 11) is 0. The van der Waals surface area contributed by atoms with Gasteiger partial charge in [-0.1, -0.05) is 12.7 Å². The van der Waals surface area contributed by atoms with Crippen molar-refractivity contribution in [1.29, 1.82) is 5.26 Å². The number of rotatable bonds is 7. The number of nitrogens with zero attached hydrogens (tertiary/aromatic N) is 1. The molecule has 6 heteroatoms. The van der Waals surface area contributed by atoms with Gasteiger partial charge in [0.2, 0.25) is 0 Å². The number of nitrogens with one attached hydrogen (secondary N) is 1. The van der Waals surface area contributed by atoms with E-state index in [1.54, 1.807) is 31.2 Å². The van der Waals surface area contributed by atoms with Gasteiger partial charge in [-0.3, -0.25) is 4.79 Å². The third-order valence-electron chi connectivity index (χ3n) is 3.00. The summed E-state index contributed by atoms with van der Waals surface area (Å²) < 4.78 is 10.3. The van der Waals surface area contributed by atoms with Crippen LogP contribution in [0.5, 0.6) is 5.75 Å². The van der Waals surface area contributed by atoms with Gasteiger partial charge in [-0.25, -0.2) is 4.79 Å². The van der Waals surface area contributed by atoms with E-state index in [4.69, 9.17) is 14.7 Å². The minimum Gasteiger partial charge on any atom is -0.491 e. The van der Waals surface area contributed by atoms with Gasteiger partial charge in [-0.2, -0.15) is 5.26 Å². The molecule has 1 aromatic carbocycles. The quantitative estimate of drug-likeness (QED) is 0.780. The van der Waals surface area contributed by atoms with Gasteiger partial charge < -0.3 is 14.8 Å². The minimum atomic E-state index is -1.22. The lowest BCUT2D eigenvalue weighted by molar-refractivity contribution is -0.123. The molecule has 116 valence electrons. The average molecular weight is 302 g/mol. The molecule has 0 saturated heterocycles. The number of carbonyl (C=O) groups excluding carboxylic acids is 2. The molecule has 1 atom stereocenters. The molecule has 0 spiro atoms. The Hall–Kier alpha value is -2.81. The van der Waals surface area contributed by atoms with Crippen LogP contribution in [0.15, 0.2) is 36.9 Å². The van der Waals surface area contributed by atoms with E-state index in [9.17, 15) is 9.59 Å². The first-order valence-corrected chi connectivity index (χ1v) is 6.61. The standard InChI is InChI=1S/C16H18N2O4/c1-4-9-21-15(20)18-16(3,12(2)19)11-22-14-7-5-13(10-17)6-8-14/h4-8H,1,9,11H2,2-3H3,(H,18,20)/t16-/m0/s1. The highest BCUT2D eigenvalue weighted by molar-refractivity contribution is 5.89. The molecule has 22 heavy (non-hydrogen) atoms. The van der Waals surface area contributed by atoms with Crippen molar-refractivity contribution >= 4 is 11.9 Å². The zero-order valence-electron chi connectivity index (χ0n) is 12.6. The summed E-state index contributed by atoms with van der Waals surface area (Å²) in [4.78, 5) is 23.4. The van der Waals surface area contributed by atoms with Crippen LogP contribution in [-0.4, -0.2) is 30.6 Å². The molecule has 0 radical (unpaired) electrons. The molecule has 0 heterocycles. The van der Waals surface area contributed by atoms with Crippen molar-refractivity contribution < 1.29 is 19.1 Å². The number of carbonyl (C=O) groups is 2. The third-order valence-corrected chi connectivity index (χ3v) is 3.00. The number of hydrogen-bond donors (Lipinski definition) is 1. The molecule has 0 fully saturated rings. The first-order chi connectivity index (χ1) is 10.4. The Bertz CT molecular complexity index is 589. The number of benzene rings is 1. The van der Waals surface area contributed by atoms with Crippen LogP contribution in [0.1, 0.15) is 19.4 Å². The van der Waals surface area contributed by atoms with Crippen molar-refractivity contribution in [3.63, 3.8) is 0 Å². The summed E-state index contributed by atoms with van der Waals surface area (Å²) in [6, 6.07) is 8.45. The molecule has 1 N–H and O–H groups in total. The van der Waals surface area contributed by atoms with Crippen LogP contribution in [0, 0.1) is 11.3 Å². The van der Waals surface area contributed by atoms with Gasteiger partial charge in [0, 0.05) is 0 Å². The topological polar surface area (TPSA) is 88.4 Å². The minimum absolute atomic E-state index is 0.0519. The number of hydrogen-bond acceptors (Lipinski definition) is 5. The van der Waals surface area contributed by atoms with Crippen LogP contribution in [0.3, 0.4) is 0 Å². The average Bonchev–Trinajstić information content (AvgIpc) is 2.51. The highest BCUT2D eigenvalue weighted by atomic mass is 16.5. The Labute approximate surface area is 129 Å². The maximum Gasteiger partial charge on any atom is 0.408 e. The normalized spacial score (nSPS) is 12.4. The lowest BCUT2D eigenvalue weighted by Gasteiger charge is -2.27. The summed E-state index contributed by atoms with van der Waals surface area (Å²) in [6.45, 7) is 6.34. The summed E-state index contributed by atoms with van der Waals surface area (Å²) in [5, 5.41) is 11.2. The highest BCUT2D eigenvalue weighted by Crippen LogP contribution is 2.15. The summed E-state index contributed by atoms with van der Waals surface area (Å²) >= 11 is 0. The monoisotopic (exact) mass is 302 g/mol.